The van der Waals surface area contributed by atoms with Crippen molar-refractivity contribution < 1.29 is 38.2 Å². The van der Waals surface area contributed by atoms with Crippen molar-refractivity contribution in [2.24, 2.45) is 21.7 Å². The van der Waals surface area contributed by atoms with Crippen LogP contribution in [0.15, 0.2) is 0 Å². The monoisotopic (exact) mass is 765 g/mol. The van der Waals surface area contributed by atoms with E-state index in [4.69, 9.17) is 9.47 Å². The molecule has 1 saturated carbocycles. The average molecular weight is 766 g/mol. The number of nitrogens with one attached hydrogen (secondary N) is 2. The maximum absolute atomic E-state index is 13.4. The van der Waals surface area contributed by atoms with Gasteiger partial charge in [0.15, 0.2) is 5.78 Å². The molecule has 2 aliphatic rings. The molecular weight excluding hydrogens is 695 g/mol. The zero-order valence-corrected chi connectivity index (χ0v) is 35.6. The quantitative estimate of drug-likeness (QED) is 0.0939. The Labute approximate surface area is 324 Å². The van der Waals surface area contributed by atoms with Crippen LogP contribution in [0, 0.1) is 21.7 Å². The summed E-state index contributed by atoms with van der Waals surface area (Å²) in [5, 5.41) is 5.71. The third-order valence-corrected chi connectivity index (χ3v) is 11.1. The van der Waals surface area contributed by atoms with Gasteiger partial charge in [0.1, 0.15) is 5.78 Å². The van der Waals surface area contributed by atoms with Gasteiger partial charge in [-0.05, 0) is 61.7 Å². The van der Waals surface area contributed by atoms with Crippen molar-refractivity contribution in [2.45, 2.75) is 164 Å². The summed E-state index contributed by atoms with van der Waals surface area (Å²) in [4.78, 5) is 78.2. The number of nitrogens with zero attached hydrogens (tertiary/aromatic N) is 1. The smallest absolute Gasteiger partial charge is 0.242 e. The molecule has 1 heterocycles. The summed E-state index contributed by atoms with van der Waals surface area (Å²) in [6.07, 6.45) is 5.41. The number of imide groups is 1. The molecule has 1 aliphatic heterocycles. The Morgan fingerprint density at radius 1 is 0.811 bits per heavy atom. The Morgan fingerprint density at radius 2 is 1.40 bits per heavy atom. The van der Waals surface area contributed by atoms with Crippen molar-refractivity contribution in [1.29, 1.82) is 0 Å². The number of thioether (sulfide) groups is 1. The Hall–Kier alpha value is -2.31. The first kappa shape index (κ1) is 46.8. The van der Waals surface area contributed by atoms with Crippen molar-refractivity contribution in [3.8, 4) is 0 Å². The zero-order valence-electron chi connectivity index (χ0n) is 34.8. The summed E-state index contributed by atoms with van der Waals surface area (Å²) in [6, 6.07) is -0.842. The fraction of sp³-hybridized carbons (Fsp3) is 0.854. The number of carbonyl (C=O) groups is 6. The lowest BCUT2D eigenvalue weighted by molar-refractivity contribution is -0.138. The largest absolute Gasteiger partial charge is 0.379 e. The molecule has 304 valence electrons. The van der Waals surface area contributed by atoms with E-state index in [2.05, 4.69) is 59.1 Å². The topological polar surface area (TPSA) is 148 Å². The minimum Gasteiger partial charge on any atom is -0.379 e. The fourth-order valence-electron chi connectivity index (χ4n) is 8.55. The first-order chi connectivity index (χ1) is 24.4. The Balaban J connectivity index is 1.92. The number of amides is 4. The number of ketones is 2. The van der Waals surface area contributed by atoms with Crippen LogP contribution in [0.25, 0.3) is 0 Å². The lowest BCUT2D eigenvalue weighted by atomic mass is 9.56. The van der Waals surface area contributed by atoms with Gasteiger partial charge in [-0.25, -0.2) is 0 Å². The molecule has 1 aliphatic carbocycles. The van der Waals surface area contributed by atoms with Gasteiger partial charge in [0.25, 0.3) is 0 Å². The lowest BCUT2D eigenvalue weighted by Crippen LogP contribution is -2.58. The molecule has 0 spiro atoms. The molecule has 0 radical (unpaired) electrons. The third-order valence-electron chi connectivity index (χ3n) is 9.77. The molecule has 2 N–H and O–H groups in total. The second kappa shape index (κ2) is 20.0. The van der Waals surface area contributed by atoms with Crippen LogP contribution in [0.5, 0.6) is 0 Å². The van der Waals surface area contributed by atoms with Crippen LogP contribution in [-0.2, 0) is 38.2 Å². The minimum absolute atomic E-state index is 0.0242. The number of hydrogen-bond donors (Lipinski definition) is 2. The molecule has 1 unspecified atom stereocenters. The SMILES string of the molecule is CCN1C(=O)CC(SC[C@H](NC(=O)CCCC(=O)NC2(CC(C)(C)C)CC(C)(C)CC(C)(C)C2)C(=O)CCCOCCOCCC(=O)C(C)(C)C)C1=O. The summed E-state index contributed by atoms with van der Waals surface area (Å²) in [7, 11) is 0. The van der Waals surface area contributed by atoms with E-state index in [0.29, 0.717) is 52.2 Å². The van der Waals surface area contributed by atoms with Crippen molar-refractivity contribution in [1.82, 2.24) is 15.5 Å². The predicted octanol–water partition coefficient (Wildman–Crippen LogP) is 6.44. The van der Waals surface area contributed by atoms with Crippen LogP contribution in [0.1, 0.15) is 147 Å². The number of rotatable bonds is 22. The second-order valence-electron chi connectivity index (χ2n) is 19.1. The van der Waals surface area contributed by atoms with Crippen molar-refractivity contribution >= 4 is 47.0 Å². The summed E-state index contributed by atoms with van der Waals surface area (Å²) in [5.74, 6) is -0.767. The lowest BCUT2D eigenvalue weighted by Gasteiger charge is -2.54. The van der Waals surface area contributed by atoms with Crippen molar-refractivity contribution in [3.05, 3.63) is 0 Å². The van der Waals surface area contributed by atoms with Gasteiger partial charge in [-0.3, -0.25) is 33.7 Å². The molecule has 1 saturated heterocycles. The normalized spacial score (nSPS) is 20.3. The van der Waals surface area contributed by atoms with E-state index in [9.17, 15) is 28.8 Å². The van der Waals surface area contributed by atoms with Crippen LogP contribution in [0.3, 0.4) is 0 Å². The van der Waals surface area contributed by atoms with E-state index < -0.39 is 16.7 Å². The van der Waals surface area contributed by atoms with E-state index in [1.807, 2.05) is 20.8 Å². The standard InChI is InChI=1S/C41H71N3O8S/c1-12-44-35(49)23-31(36(44)50)53-24-29(30(45)15-14-19-51-21-22-52-20-18-32(46)38(5,6)7)42-33(47)16-13-17-34(48)43-41(25-37(2,3)4)27-39(8,9)26-40(10,11)28-41/h29,31H,12-28H2,1-11H3,(H,42,47)(H,43,48)/t29-,31?/m0/s1. The Bertz CT molecular complexity index is 1260. The fourth-order valence-corrected chi connectivity index (χ4v) is 9.77. The van der Waals surface area contributed by atoms with E-state index in [0.717, 1.165) is 25.7 Å². The van der Waals surface area contributed by atoms with Crippen molar-refractivity contribution in [3.63, 3.8) is 0 Å². The van der Waals surface area contributed by atoms with Crippen LogP contribution in [0.2, 0.25) is 0 Å². The molecule has 0 aromatic carbocycles. The van der Waals surface area contributed by atoms with Crippen LogP contribution >= 0.6 is 11.8 Å². The molecule has 12 heteroatoms. The first-order valence-electron chi connectivity index (χ1n) is 19.7. The first-order valence-corrected chi connectivity index (χ1v) is 20.7. The number of likely N-dealkylation sites (tertiary alicyclic amines) is 1. The van der Waals surface area contributed by atoms with Gasteiger partial charge in [0.05, 0.1) is 31.1 Å². The van der Waals surface area contributed by atoms with Gasteiger partial charge in [0, 0.05) is 62.0 Å². The Morgan fingerprint density at radius 3 is 1.94 bits per heavy atom. The van der Waals surface area contributed by atoms with E-state index in [1.165, 1.54) is 16.7 Å². The molecule has 0 bridgehead atoms. The predicted molar refractivity (Wildman–Crippen MR) is 210 cm³/mol. The van der Waals surface area contributed by atoms with Crippen LogP contribution in [0.4, 0.5) is 0 Å². The average Bonchev–Trinajstić information content (AvgIpc) is 3.25. The maximum Gasteiger partial charge on any atom is 0.242 e. The summed E-state index contributed by atoms with van der Waals surface area (Å²) in [5.41, 5.74) is -0.526. The van der Waals surface area contributed by atoms with Gasteiger partial charge < -0.3 is 20.1 Å². The van der Waals surface area contributed by atoms with E-state index in [1.54, 1.807) is 6.92 Å². The molecule has 0 aromatic heterocycles. The molecule has 2 atom stereocenters. The van der Waals surface area contributed by atoms with Crippen LogP contribution < -0.4 is 10.6 Å². The van der Waals surface area contributed by atoms with Gasteiger partial charge in [-0.1, -0.05) is 69.2 Å². The molecule has 11 nitrogen and oxygen atoms in total. The van der Waals surface area contributed by atoms with Crippen molar-refractivity contribution in [2.75, 3.05) is 38.7 Å². The highest BCUT2D eigenvalue weighted by Crippen LogP contribution is 2.53. The molecule has 53 heavy (non-hydrogen) atoms. The molecular formula is C41H71N3O8S. The summed E-state index contributed by atoms with van der Waals surface area (Å²) < 4.78 is 11.1. The molecule has 2 fully saturated rings. The van der Waals surface area contributed by atoms with Gasteiger partial charge >= 0.3 is 0 Å². The number of hydrogen-bond acceptors (Lipinski definition) is 9. The Kier molecular flexibility index (Phi) is 17.7. The third kappa shape index (κ3) is 16.9. The highest BCUT2D eigenvalue weighted by Gasteiger charge is 2.49. The molecule has 2 rings (SSSR count). The van der Waals surface area contributed by atoms with Crippen LogP contribution in [-0.4, -0.2) is 95.7 Å². The van der Waals surface area contributed by atoms with Gasteiger partial charge in [0.2, 0.25) is 23.6 Å². The van der Waals surface area contributed by atoms with E-state index in [-0.39, 0.29) is 88.4 Å². The van der Waals surface area contributed by atoms with E-state index >= 15 is 0 Å². The number of Topliss-reactive ketones (excluding diaryl/α,β-unsaturated/α-hetero) is 2. The van der Waals surface area contributed by atoms with Gasteiger partial charge in [-0.2, -0.15) is 0 Å². The number of ether oxygens (including phenoxy) is 2. The van der Waals surface area contributed by atoms with Gasteiger partial charge in [-0.15, -0.1) is 11.8 Å². The highest BCUT2D eigenvalue weighted by atomic mass is 32.2. The summed E-state index contributed by atoms with van der Waals surface area (Å²) in [6.45, 7) is 24.8. The maximum atomic E-state index is 13.4. The number of carbonyl (C=O) groups excluding carboxylic acids is 6. The minimum atomic E-state index is -0.842. The molecule has 0 aromatic rings. The molecule has 4 amide bonds. The second-order valence-corrected chi connectivity index (χ2v) is 20.4. The zero-order chi connectivity index (χ0) is 40.3. The summed E-state index contributed by atoms with van der Waals surface area (Å²) >= 11 is 1.22. The highest BCUT2D eigenvalue weighted by molar-refractivity contribution is 8.00.